The second kappa shape index (κ2) is 3.71. The van der Waals surface area contributed by atoms with E-state index in [1.54, 1.807) is 4.98 Å². The summed E-state index contributed by atoms with van der Waals surface area (Å²) in [5.41, 5.74) is -2.10. The van der Waals surface area contributed by atoms with Gasteiger partial charge in [0.2, 0.25) is 5.95 Å². The van der Waals surface area contributed by atoms with Crippen LogP contribution in [0.4, 0.5) is 17.6 Å². The minimum atomic E-state index is -4.88. The Hall–Kier alpha value is -1.86. The molecule has 0 saturated carbocycles. The van der Waals surface area contributed by atoms with Gasteiger partial charge in [-0.05, 0) is 0 Å². The molecular weight excluding hydrogens is 220 g/mol. The molecule has 0 bridgehead atoms. The highest BCUT2D eigenvalue weighted by Crippen LogP contribution is 2.20. The van der Waals surface area contributed by atoms with Gasteiger partial charge in [0, 0.05) is 12.3 Å². The maximum Gasteiger partial charge on any atom is 0.414 e. The number of halogens is 4. The SMILES string of the molecule is O=c1ccn(/C(F)=C/C(F)(F)F)c(=O)[nH]1. The number of H-pyrrole nitrogens is 1. The molecule has 1 heterocycles. The first-order chi connectivity index (χ1) is 6.79. The highest BCUT2D eigenvalue weighted by atomic mass is 19.4. The van der Waals surface area contributed by atoms with Crippen LogP contribution in [0.1, 0.15) is 0 Å². The Morgan fingerprint density at radius 3 is 2.47 bits per heavy atom. The van der Waals surface area contributed by atoms with Gasteiger partial charge in [0.05, 0.1) is 6.08 Å². The minimum absolute atomic E-state index is 0.0366. The van der Waals surface area contributed by atoms with Gasteiger partial charge in [0.1, 0.15) is 0 Å². The molecule has 4 nitrogen and oxygen atoms in total. The molecule has 0 aliphatic rings. The third-order valence-corrected chi connectivity index (χ3v) is 1.34. The van der Waals surface area contributed by atoms with Crippen LogP contribution in [0.5, 0.6) is 0 Å². The lowest BCUT2D eigenvalue weighted by Gasteiger charge is -2.02. The van der Waals surface area contributed by atoms with Gasteiger partial charge in [-0.25, -0.2) is 9.36 Å². The van der Waals surface area contributed by atoms with E-state index in [0.717, 1.165) is 6.07 Å². The summed E-state index contributed by atoms with van der Waals surface area (Å²) >= 11 is 0. The summed E-state index contributed by atoms with van der Waals surface area (Å²) in [6.45, 7) is 0. The van der Waals surface area contributed by atoms with Gasteiger partial charge in [-0.15, -0.1) is 0 Å². The molecule has 0 aliphatic carbocycles. The minimum Gasteiger partial charge on any atom is -0.274 e. The van der Waals surface area contributed by atoms with Crippen LogP contribution in [0, 0.1) is 0 Å². The van der Waals surface area contributed by atoms with E-state index < -0.39 is 29.5 Å². The molecule has 1 aromatic heterocycles. The molecule has 1 N–H and O–H groups in total. The van der Waals surface area contributed by atoms with Crippen molar-refractivity contribution in [2.75, 3.05) is 0 Å². The quantitative estimate of drug-likeness (QED) is 0.719. The first kappa shape index (κ1) is 11.2. The first-order valence-electron chi connectivity index (χ1n) is 3.57. The predicted octanol–water partition coefficient (Wildman–Crippen LogP) is 0.867. The number of aromatic nitrogens is 2. The van der Waals surface area contributed by atoms with Crippen LogP contribution in [0.15, 0.2) is 27.9 Å². The van der Waals surface area contributed by atoms with E-state index in [0.29, 0.717) is 6.20 Å². The molecule has 0 aliphatic heterocycles. The van der Waals surface area contributed by atoms with Crippen molar-refractivity contribution < 1.29 is 17.6 Å². The molecule has 82 valence electrons. The molecule has 0 radical (unpaired) electrons. The lowest BCUT2D eigenvalue weighted by molar-refractivity contribution is -0.0801. The van der Waals surface area contributed by atoms with Crippen molar-refractivity contribution in [1.29, 1.82) is 0 Å². The third-order valence-electron chi connectivity index (χ3n) is 1.34. The third kappa shape index (κ3) is 3.08. The molecule has 0 spiro atoms. The molecule has 0 aromatic carbocycles. The number of hydrogen-bond donors (Lipinski definition) is 1. The van der Waals surface area contributed by atoms with Crippen LogP contribution in [-0.4, -0.2) is 15.7 Å². The molecule has 0 unspecified atom stereocenters. The molecule has 15 heavy (non-hydrogen) atoms. The fraction of sp³-hybridized carbons (Fsp3) is 0.143. The van der Waals surface area contributed by atoms with Gasteiger partial charge < -0.3 is 0 Å². The number of rotatable bonds is 1. The Kier molecular flexibility index (Phi) is 2.78. The molecule has 0 fully saturated rings. The van der Waals surface area contributed by atoms with Gasteiger partial charge in [0.15, 0.2) is 0 Å². The van der Waals surface area contributed by atoms with Crippen molar-refractivity contribution in [3.05, 3.63) is 39.2 Å². The Morgan fingerprint density at radius 2 is 2.00 bits per heavy atom. The van der Waals surface area contributed by atoms with Gasteiger partial charge in [0.25, 0.3) is 5.56 Å². The lowest BCUT2D eigenvalue weighted by Crippen LogP contribution is -2.27. The Morgan fingerprint density at radius 1 is 1.40 bits per heavy atom. The number of nitrogens with zero attached hydrogens (tertiary/aromatic N) is 1. The van der Waals surface area contributed by atoms with Crippen LogP contribution >= 0.6 is 0 Å². The van der Waals surface area contributed by atoms with Gasteiger partial charge >= 0.3 is 11.9 Å². The van der Waals surface area contributed by atoms with Crippen molar-refractivity contribution in [2.24, 2.45) is 0 Å². The van der Waals surface area contributed by atoms with E-state index in [1.807, 2.05) is 0 Å². The van der Waals surface area contributed by atoms with Gasteiger partial charge in [-0.3, -0.25) is 9.78 Å². The highest BCUT2D eigenvalue weighted by molar-refractivity contribution is 5.36. The fourth-order valence-electron chi connectivity index (χ4n) is 0.790. The molecule has 0 atom stereocenters. The number of aromatic amines is 1. The summed E-state index contributed by atoms with van der Waals surface area (Å²) in [5.74, 6) is -1.82. The second-order valence-corrected chi connectivity index (χ2v) is 2.49. The van der Waals surface area contributed by atoms with E-state index in [2.05, 4.69) is 0 Å². The standard InChI is InChI=1S/C7H4F4N2O2/c8-4(3-7(9,10)11)13-2-1-5(14)12-6(13)15/h1-3H,(H,12,14,15)/b4-3+. The summed E-state index contributed by atoms with van der Waals surface area (Å²) in [5, 5.41) is 0. The van der Waals surface area contributed by atoms with Crippen molar-refractivity contribution in [3.8, 4) is 0 Å². The van der Waals surface area contributed by atoms with Crippen LogP contribution in [0.2, 0.25) is 0 Å². The summed E-state index contributed by atoms with van der Waals surface area (Å²) in [6.07, 6.45) is -4.95. The summed E-state index contributed by atoms with van der Waals surface area (Å²) in [7, 11) is 0. The topological polar surface area (TPSA) is 54.9 Å². The Labute approximate surface area is 79.5 Å². The van der Waals surface area contributed by atoms with Crippen LogP contribution in [0.3, 0.4) is 0 Å². The lowest BCUT2D eigenvalue weighted by atomic mass is 10.5. The first-order valence-corrected chi connectivity index (χ1v) is 3.57. The number of nitrogens with one attached hydrogen (secondary N) is 1. The Balaban J connectivity index is 3.24. The molecular formula is C7H4F4N2O2. The summed E-state index contributed by atoms with van der Waals surface area (Å²) < 4.78 is 47.9. The van der Waals surface area contributed by atoms with Crippen molar-refractivity contribution >= 4 is 5.95 Å². The zero-order valence-electron chi connectivity index (χ0n) is 7.01. The number of hydrogen-bond acceptors (Lipinski definition) is 2. The summed E-state index contributed by atoms with van der Waals surface area (Å²) in [4.78, 5) is 23.0. The number of allylic oxidation sites excluding steroid dienone is 1. The zero-order valence-corrected chi connectivity index (χ0v) is 7.01. The molecule has 1 aromatic rings. The maximum atomic E-state index is 12.8. The predicted molar refractivity (Wildman–Crippen MR) is 42.8 cm³/mol. The average molecular weight is 224 g/mol. The fourth-order valence-corrected chi connectivity index (χ4v) is 0.790. The Bertz CT molecular complexity index is 497. The molecule has 8 heteroatoms. The van der Waals surface area contributed by atoms with Crippen molar-refractivity contribution in [1.82, 2.24) is 9.55 Å². The van der Waals surface area contributed by atoms with Crippen molar-refractivity contribution in [3.63, 3.8) is 0 Å². The van der Waals surface area contributed by atoms with Crippen molar-refractivity contribution in [2.45, 2.75) is 6.18 Å². The van der Waals surface area contributed by atoms with Crippen LogP contribution in [-0.2, 0) is 0 Å². The zero-order chi connectivity index (χ0) is 11.6. The molecule has 1 rings (SSSR count). The average Bonchev–Trinajstić information content (AvgIpc) is 1.99. The largest absolute Gasteiger partial charge is 0.414 e. The monoisotopic (exact) mass is 224 g/mol. The normalized spacial score (nSPS) is 12.9. The van der Waals surface area contributed by atoms with Gasteiger partial charge in [-0.1, -0.05) is 0 Å². The van der Waals surface area contributed by atoms with E-state index in [4.69, 9.17) is 0 Å². The van der Waals surface area contributed by atoms with E-state index in [9.17, 15) is 27.2 Å². The van der Waals surface area contributed by atoms with Crippen LogP contribution in [0.25, 0.3) is 5.95 Å². The maximum absolute atomic E-state index is 12.8. The molecule has 0 amide bonds. The van der Waals surface area contributed by atoms with Crippen LogP contribution < -0.4 is 11.2 Å². The smallest absolute Gasteiger partial charge is 0.274 e. The highest BCUT2D eigenvalue weighted by Gasteiger charge is 2.25. The second-order valence-electron chi connectivity index (χ2n) is 2.49. The van der Waals surface area contributed by atoms with E-state index in [-0.39, 0.29) is 4.57 Å². The molecule has 0 saturated heterocycles. The van der Waals surface area contributed by atoms with E-state index in [1.165, 1.54) is 0 Å². The summed E-state index contributed by atoms with van der Waals surface area (Å²) in [6, 6.07) is 0.727. The van der Waals surface area contributed by atoms with Gasteiger partial charge in [-0.2, -0.15) is 17.6 Å². The van der Waals surface area contributed by atoms with E-state index >= 15 is 0 Å². The number of alkyl halides is 3.